The molecule has 0 radical (unpaired) electrons. The molecule has 0 aromatic heterocycles. The summed E-state index contributed by atoms with van der Waals surface area (Å²) in [5, 5.41) is 15.5. The van der Waals surface area contributed by atoms with Crippen LogP contribution < -0.4 is 5.32 Å². The van der Waals surface area contributed by atoms with Crippen LogP contribution in [0.2, 0.25) is 0 Å². The molecule has 0 fully saturated rings. The monoisotopic (exact) mass is 549 g/mol. The highest BCUT2D eigenvalue weighted by Gasteiger charge is 2.30. The summed E-state index contributed by atoms with van der Waals surface area (Å²) >= 11 is 0. The van der Waals surface area contributed by atoms with E-state index in [4.69, 9.17) is 5.53 Å². The maximum atomic E-state index is 13.6. The van der Waals surface area contributed by atoms with Crippen molar-refractivity contribution in [2.24, 2.45) is 16.4 Å². The fraction of sp³-hybridized carbons (Fsp3) is 0.467. The second-order valence-corrected chi connectivity index (χ2v) is 11.2. The van der Waals surface area contributed by atoms with Gasteiger partial charge < -0.3 is 15.3 Å². The van der Waals surface area contributed by atoms with Gasteiger partial charge in [0.25, 0.3) is 0 Å². The lowest BCUT2D eigenvalue weighted by Crippen LogP contribution is -2.45. The number of benzene rings is 2. The number of carbonyl (C=O) groups is 4. The Labute approximate surface area is 235 Å². The Hall–Kier alpha value is -4.17. The lowest BCUT2D eigenvalue weighted by Gasteiger charge is -2.26. The van der Waals surface area contributed by atoms with Gasteiger partial charge in [0.1, 0.15) is 12.3 Å². The average Bonchev–Trinajstić information content (AvgIpc) is 2.91. The van der Waals surface area contributed by atoms with Crippen molar-refractivity contribution in [2.75, 3.05) is 20.1 Å². The fourth-order valence-electron chi connectivity index (χ4n) is 4.23. The predicted molar refractivity (Wildman–Crippen MR) is 152 cm³/mol. The summed E-state index contributed by atoms with van der Waals surface area (Å²) in [5.41, 5.74) is 10.1. The molecular formula is C30H39N5O5. The van der Waals surface area contributed by atoms with E-state index in [0.717, 1.165) is 5.56 Å². The molecule has 2 amide bonds. The zero-order valence-corrected chi connectivity index (χ0v) is 23.7. The molecule has 2 rings (SSSR count). The molecule has 2 aromatic rings. The normalized spacial score (nSPS) is 12.5. The average molecular weight is 550 g/mol. The molecule has 40 heavy (non-hydrogen) atoms. The van der Waals surface area contributed by atoms with Crippen molar-refractivity contribution < 1.29 is 24.3 Å². The molecule has 0 bridgehead atoms. The number of nitrogens with zero attached hydrogens (tertiary/aromatic N) is 4. The number of hydrogen-bond acceptors (Lipinski definition) is 6. The van der Waals surface area contributed by atoms with Gasteiger partial charge in [-0.25, -0.2) is 0 Å². The van der Waals surface area contributed by atoms with Gasteiger partial charge in [-0.3, -0.25) is 19.2 Å². The van der Waals surface area contributed by atoms with Gasteiger partial charge in [-0.05, 0) is 53.5 Å². The second kappa shape index (κ2) is 15.4. The summed E-state index contributed by atoms with van der Waals surface area (Å²) in [4.78, 5) is 56.0. The fourth-order valence-corrected chi connectivity index (χ4v) is 4.23. The van der Waals surface area contributed by atoms with Crippen molar-refractivity contribution >= 4 is 23.4 Å². The van der Waals surface area contributed by atoms with Crippen molar-refractivity contribution in [3.8, 4) is 5.75 Å². The highest BCUT2D eigenvalue weighted by Crippen LogP contribution is 2.22. The molecule has 0 unspecified atom stereocenters. The number of likely N-dealkylation sites (N-methyl/N-ethyl adjacent to an activating group) is 1. The van der Waals surface area contributed by atoms with Crippen LogP contribution in [0.4, 0.5) is 0 Å². The maximum absolute atomic E-state index is 13.6. The van der Waals surface area contributed by atoms with E-state index < -0.39 is 24.4 Å². The van der Waals surface area contributed by atoms with Crippen LogP contribution in [0, 0.1) is 11.3 Å². The number of carbonyl (C=O) groups excluding carboxylic acids is 4. The first-order valence-corrected chi connectivity index (χ1v) is 13.3. The number of rotatable bonds is 15. The van der Waals surface area contributed by atoms with Gasteiger partial charge >= 0.3 is 0 Å². The van der Waals surface area contributed by atoms with E-state index in [1.54, 1.807) is 19.2 Å². The quantitative estimate of drug-likeness (QED) is 0.192. The molecule has 0 aliphatic heterocycles. The highest BCUT2D eigenvalue weighted by molar-refractivity contribution is 5.94. The first kappa shape index (κ1) is 32.0. The number of hydrogen-bond donors (Lipinski definition) is 2. The third-order valence-electron chi connectivity index (χ3n) is 6.44. The summed E-state index contributed by atoms with van der Waals surface area (Å²) < 4.78 is 0. The van der Waals surface area contributed by atoms with E-state index >= 15 is 0 Å². The molecule has 0 aliphatic rings. The third-order valence-corrected chi connectivity index (χ3v) is 6.44. The lowest BCUT2D eigenvalue weighted by atomic mass is 9.88. The standard InChI is InChI=1S/C30H39N5O5/c1-30(2,3)15-14-25(37)20-35(4)29(40)23(16-21-8-6-5-7-9-21)18-27(38)26(33-28(39)19-32-34-31)17-22-10-12-24(36)13-11-22/h5-13,23,26,36H,14-20H2,1-4H3,(H,33,39)/t23-,26-/m0/s1. The van der Waals surface area contributed by atoms with Gasteiger partial charge in [0.15, 0.2) is 11.6 Å². The lowest BCUT2D eigenvalue weighted by molar-refractivity contribution is -0.139. The number of nitrogens with one attached hydrogen (secondary N) is 1. The third kappa shape index (κ3) is 11.7. The Morgan fingerprint density at radius 3 is 2.23 bits per heavy atom. The van der Waals surface area contributed by atoms with E-state index in [-0.39, 0.29) is 54.4 Å². The first-order chi connectivity index (χ1) is 18.9. The number of aromatic hydroxyl groups is 1. The van der Waals surface area contributed by atoms with E-state index in [9.17, 15) is 24.3 Å². The Balaban J connectivity index is 2.25. The molecule has 0 saturated heterocycles. The number of Topliss-reactive ketones (excluding diaryl/α,β-unsaturated/α-hetero) is 2. The van der Waals surface area contributed by atoms with E-state index in [2.05, 4.69) is 36.1 Å². The maximum Gasteiger partial charge on any atom is 0.226 e. The number of azide groups is 1. The molecule has 0 heterocycles. The van der Waals surface area contributed by atoms with Gasteiger partial charge in [0, 0.05) is 30.7 Å². The molecule has 10 nitrogen and oxygen atoms in total. The van der Waals surface area contributed by atoms with Crippen LogP contribution in [0.25, 0.3) is 10.4 Å². The Morgan fingerprint density at radius 1 is 1.00 bits per heavy atom. The van der Waals surface area contributed by atoms with Crippen LogP contribution in [0.15, 0.2) is 59.7 Å². The predicted octanol–water partition coefficient (Wildman–Crippen LogP) is 4.40. The van der Waals surface area contributed by atoms with Crippen molar-refractivity contribution in [3.63, 3.8) is 0 Å². The van der Waals surface area contributed by atoms with Gasteiger partial charge in [-0.2, -0.15) is 0 Å². The van der Waals surface area contributed by atoms with Crippen LogP contribution in [0.1, 0.15) is 51.2 Å². The summed E-state index contributed by atoms with van der Waals surface area (Å²) in [6, 6.07) is 14.5. The van der Waals surface area contributed by atoms with Gasteiger partial charge in [0.2, 0.25) is 11.8 Å². The molecule has 2 atom stereocenters. The summed E-state index contributed by atoms with van der Waals surface area (Å²) in [5.74, 6) is -2.07. The first-order valence-electron chi connectivity index (χ1n) is 13.3. The summed E-state index contributed by atoms with van der Waals surface area (Å²) in [6.45, 7) is 5.64. The van der Waals surface area contributed by atoms with Gasteiger partial charge in [0.05, 0.1) is 12.6 Å². The van der Waals surface area contributed by atoms with Gasteiger partial charge in [-0.1, -0.05) is 68.4 Å². The van der Waals surface area contributed by atoms with Crippen LogP contribution >= 0.6 is 0 Å². The highest BCUT2D eigenvalue weighted by atomic mass is 16.3. The number of phenolic OH excluding ortho intramolecular Hbond substituents is 1. The molecule has 2 aromatic carbocycles. The smallest absolute Gasteiger partial charge is 0.226 e. The molecule has 214 valence electrons. The van der Waals surface area contributed by atoms with E-state index in [1.165, 1.54) is 17.0 Å². The van der Waals surface area contributed by atoms with E-state index in [1.807, 2.05) is 30.3 Å². The molecule has 10 heteroatoms. The van der Waals surface area contributed by atoms with Crippen molar-refractivity contribution in [1.29, 1.82) is 0 Å². The minimum Gasteiger partial charge on any atom is -0.508 e. The zero-order valence-electron chi connectivity index (χ0n) is 23.7. The summed E-state index contributed by atoms with van der Waals surface area (Å²) in [6.07, 6.45) is 1.29. The number of phenols is 1. The Bertz CT molecular complexity index is 1200. The molecule has 0 aliphatic carbocycles. The Kier molecular flexibility index (Phi) is 12.4. The van der Waals surface area contributed by atoms with Crippen molar-refractivity contribution in [3.05, 3.63) is 76.2 Å². The van der Waals surface area contributed by atoms with Crippen LogP contribution in [-0.4, -0.2) is 59.6 Å². The molecule has 0 spiro atoms. The largest absolute Gasteiger partial charge is 0.508 e. The van der Waals surface area contributed by atoms with E-state index in [0.29, 0.717) is 18.4 Å². The minimum absolute atomic E-state index is 0.00397. The zero-order chi connectivity index (χ0) is 29.7. The van der Waals surface area contributed by atoms with Crippen molar-refractivity contribution in [2.45, 2.75) is 58.9 Å². The van der Waals surface area contributed by atoms with Crippen molar-refractivity contribution in [1.82, 2.24) is 10.2 Å². The number of ketones is 2. The second-order valence-electron chi connectivity index (χ2n) is 11.2. The minimum atomic E-state index is -0.990. The topological polar surface area (TPSA) is 153 Å². The molecule has 2 N–H and O–H groups in total. The summed E-state index contributed by atoms with van der Waals surface area (Å²) in [7, 11) is 1.56. The van der Waals surface area contributed by atoms with Gasteiger partial charge in [-0.15, -0.1) is 0 Å². The molecular weight excluding hydrogens is 510 g/mol. The van der Waals surface area contributed by atoms with Crippen LogP contribution in [0.5, 0.6) is 5.75 Å². The number of amides is 2. The SMILES string of the molecule is CN(CC(=O)CCC(C)(C)C)C(=O)[C@H](CC(=O)[C@H](Cc1ccc(O)cc1)NC(=O)CN=[N+]=[N-])Cc1ccccc1. The van der Waals surface area contributed by atoms with Crippen LogP contribution in [0.3, 0.4) is 0 Å². The van der Waals surface area contributed by atoms with Crippen LogP contribution in [-0.2, 0) is 32.0 Å². The molecule has 0 saturated carbocycles. The Morgan fingerprint density at radius 2 is 1.62 bits per heavy atom.